The normalized spacial score (nSPS) is 20.0. The van der Waals surface area contributed by atoms with Crippen molar-refractivity contribution in [2.75, 3.05) is 13.2 Å². The van der Waals surface area contributed by atoms with Gasteiger partial charge >= 0.3 is 5.97 Å². The van der Waals surface area contributed by atoms with Crippen molar-refractivity contribution in [3.63, 3.8) is 0 Å². The van der Waals surface area contributed by atoms with Gasteiger partial charge in [0, 0.05) is 6.42 Å². The number of amides is 1. The maximum absolute atomic E-state index is 13.4. The van der Waals surface area contributed by atoms with Gasteiger partial charge in [-0.1, -0.05) is 230 Å². The fraction of sp³-hybridized carbons (Fsp3) is 0.831. The number of esters is 1. The Morgan fingerprint density at radius 3 is 1.50 bits per heavy atom. The molecule has 6 N–H and O–H groups in total. The van der Waals surface area contributed by atoms with Crippen LogP contribution in [0.2, 0.25) is 0 Å². The fourth-order valence-electron chi connectivity index (χ4n) is 8.83. The lowest BCUT2D eigenvalue weighted by molar-refractivity contribution is -0.305. The topological polar surface area (TPSA) is 175 Å². The van der Waals surface area contributed by atoms with Crippen LogP contribution in [0.1, 0.15) is 252 Å². The number of aliphatic hydroxyl groups is 5. The molecule has 0 aliphatic carbocycles. The van der Waals surface area contributed by atoms with Gasteiger partial charge < -0.3 is 45.1 Å². The summed E-state index contributed by atoms with van der Waals surface area (Å²) in [4.78, 5) is 26.4. The molecule has 0 bridgehead atoms. The molecule has 1 amide bonds. The number of hydrogen-bond donors (Lipinski definition) is 6. The molecule has 1 rings (SSSR count). The lowest BCUT2D eigenvalue weighted by Crippen LogP contribution is -2.61. The van der Waals surface area contributed by atoms with Gasteiger partial charge in [0.1, 0.15) is 24.4 Å². The van der Waals surface area contributed by atoms with Gasteiger partial charge in [-0.25, -0.2) is 0 Å². The standard InChI is InChI=1S/C59H107NO10/c1-4-7-10-13-16-19-22-24-25-26-27-29-32-35-38-41-44-47-54(64)70-57-56(66)55(65)53(48-61)69-59(57)68-49-50(51(62)45-42-39-36-33-30-21-18-15-12-9-6-3)60-58(67)52(63)46-43-40-37-34-31-28-23-20-17-14-11-8-5-2/h16,19,24-25,27,29,42,45,50-53,55-57,59,61-63,65-66H,4-15,17-18,20-23,26,28,30-41,43-44,46-49H2,1-3H3,(H,60,67)/b19-16-,25-24-,29-27-,45-42+. The second kappa shape index (κ2) is 47.6. The van der Waals surface area contributed by atoms with Gasteiger partial charge in [-0.2, -0.15) is 0 Å². The molecular formula is C59H107NO10. The first-order valence-electron chi connectivity index (χ1n) is 28.9. The maximum Gasteiger partial charge on any atom is 0.306 e. The Kier molecular flexibility index (Phi) is 44.6. The van der Waals surface area contributed by atoms with Gasteiger partial charge in [-0.15, -0.1) is 0 Å². The van der Waals surface area contributed by atoms with Crippen LogP contribution in [-0.4, -0.2) is 99.6 Å². The number of nitrogens with one attached hydrogen (secondary N) is 1. The zero-order valence-corrected chi connectivity index (χ0v) is 44.9. The molecule has 0 radical (unpaired) electrons. The summed E-state index contributed by atoms with van der Waals surface area (Å²) < 4.78 is 17.5. The summed E-state index contributed by atoms with van der Waals surface area (Å²) in [5.74, 6) is -1.21. The molecule has 8 atom stereocenters. The van der Waals surface area contributed by atoms with Gasteiger partial charge in [0.05, 0.1) is 25.4 Å². The average molecular weight is 991 g/mol. The van der Waals surface area contributed by atoms with Crippen molar-refractivity contribution in [3.8, 4) is 0 Å². The molecule has 0 aromatic carbocycles. The third-order valence-electron chi connectivity index (χ3n) is 13.5. The van der Waals surface area contributed by atoms with Crippen molar-refractivity contribution in [2.24, 2.45) is 0 Å². The number of carbonyl (C=O) groups excluding carboxylic acids is 2. The van der Waals surface area contributed by atoms with Crippen molar-refractivity contribution >= 4 is 11.9 Å². The first kappa shape index (κ1) is 65.6. The highest BCUT2D eigenvalue weighted by Crippen LogP contribution is 2.26. The molecule has 0 aromatic rings. The Morgan fingerprint density at radius 2 is 0.986 bits per heavy atom. The van der Waals surface area contributed by atoms with E-state index in [9.17, 15) is 35.1 Å². The van der Waals surface area contributed by atoms with Crippen molar-refractivity contribution in [1.29, 1.82) is 0 Å². The van der Waals surface area contributed by atoms with Gasteiger partial charge in [0.25, 0.3) is 0 Å². The Bertz CT molecular complexity index is 1320. The number of carbonyl (C=O) groups is 2. The van der Waals surface area contributed by atoms with Crippen LogP contribution >= 0.6 is 0 Å². The number of unbranched alkanes of at least 4 members (excludes halogenated alkanes) is 28. The predicted octanol–water partition coefficient (Wildman–Crippen LogP) is 12.9. The molecule has 1 aliphatic rings. The smallest absolute Gasteiger partial charge is 0.306 e. The SMILES string of the molecule is CCCCC/C=C\C/C=C\C/C=C\CCCCCCC(=O)OC1C(OCC(NC(=O)C(O)CCCCCCCCCCCCCCC)C(O)/C=C/CCCCCCCCCCC)OC(CO)C(O)C1O. The number of allylic oxidation sites excluding steroid dienone is 7. The lowest BCUT2D eigenvalue weighted by atomic mass is 9.99. The second-order valence-electron chi connectivity index (χ2n) is 20.0. The molecular weight excluding hydrogens is 883 g/mol. The highest BCUT2D eigenvalue weighted by atomic mass is 16.7. The zero-order valence-electron chi connectivity index (χ0n) is 44.9. The highest BCUT2D eigenvalue weighted by molar-refractivity contribution is 5.80. The predicted molar refractivity (Wildman–Crippen MR) is 287 cm³/mol. The van der Waals surface area contributed by atoms with Crippen LogP contribution in [0, 0.1) is 0 Å². The van der Waals surface area contributed by atoms with Crippen LogP contribution in [0.25, 0.3) is 0 Å². The van der Waals surface area contributed by atoms with Crippen LogP contribution < -0.4 is 5.32 Å². The number of hydrogen-bond acceptors (Lipinski definition) is 10. The number of ether oxygens (including phenoxy) is 3. The van der Waals surface area contributed by atoms with Gasteiger partial charge in [0.2, 0.25) is 5.91 Å². The lowest BCUT2D eigenvalue weighted by Gasteiger charge is -2.41. The quantitative estimate of drug-likeness (QED) is 0.0196. The molecule has 1 fully saturated rings. The minimum atomic E-state index is -1.62. The molecule has 1 heterocycles. The minimum Gasteiger partial charge on any atom is -0.454 e. The molecule has 0 spiro atoms. The Balaban J connectivity index is 2.73. The van der Waals surface area contributed by atoms with Crippen LogP contribution in [0.5, 0.6) is 0 Å². The Morgan fingerprint density at radius 1 is 0.557 bits per heavy atom. The summed E-state index contributed by atoms with van der Waals surface area (Å²) >= 11 is 0. The van der Waals surface area contributed by atoms with Crippen LogP contribution in [0.15, 0.2) is 48.6 Å². The summed E-state index contributed by atoms with van der Waals surface area (Å²) in [5.41, 5.74) is 0. The fourth-order valence-corrected chi connectivity index (χ4v) is 8.83. The number of aliphatic hydroxyl groups excluding tert-OH is 5. The van der Waals surface area contributed by atoms with Crippen molar-refractivity contribution in [3.05, 3.63) is 48.6 Å². The number of rotatable bonds is 48. The van der Waals surface area contributed by atoms with Crippen molar-refractivity contribution in [1.82, 2.24) is 5.32 Å². The van der Waals surface area contributed by atoms with E-state index in [1.165, 1.54) is 122 Å². The van der Waals surface area contributed by atoms with Crippen LogP contribution in [0.3, 0.4) is 0 Å². The van der Waals surface area contributed by atoms with E-state index in [0.29, 0.717) is 19.3 Å². The van der Waals surface area contributed by atoms with E-state index < -0.39 is 67.4 Å². The van der Waals surface area contributed by atoms with E-state index in [4.69, 9.17) is 14.2 Å². The summed E-state index contributed by atoms with van der Waals surface area (Å²) in [6.07, 6.45) is 45.8. The first-order valence-corrected chi connectivity index (χ1v) is 28.9. The average Bonchev–Trinajstić information content (AvgIpc) is 3.36. The van der Waals surface area contributed by atoms with Gasteiger partial charge in [0.15, 0.2) is 12.4 Å². The third kappa shape index (κ3) is 35.7. The maximum atomic E-state index is 13.4. The van der Waals surface area contributed by atoms with Crippen LogP contribution in [-0.2, 0) is 23.8 Å². The van der Waals surface area contributed by atoms with E-state index in [-0.39, 0.29) is 13.0 Å². The molecule has 408 valence electrons. The van der Waals surface area contributed by atoms with Crippen LogP contribution in [0.4, 0.5) is 0 Å². The Hall–Kier alpha value is -2.38. The molecule has 1 saturated heterocycles. The molecule has 0 aromatic heterocycles. The largest absolute Gasteiger partial charge is 0.454 e. The van der Waals surface area contributed by atoms with E-state index in [0.717, 1.165) is 83.5 Å². The molecule has 11 nitrogen and oxygen atoms in total. The second-order valence-corrected chi connectivity index (χ2v) is 20.0. The van der Waals surface area contributed by atoms with Gasteiger partial charge in [-0.3, -0.25) is 9.59 Å². The summed E-state index contributed by atoms with van der Waals surface area (Å²) in [7, 11) is 0. The van der Waals surface area contributed by atoms with Crippen molar-refractivity contribution in [2.45, 2.75) is 301 Å². The minimum absolute atomic E-state index is 0.0987. The summed E-state index contributed by atoms with van der Waals surface area (Å²) in [6.45, 7) is 5.73. The molecule has 8 unspecified atom stereocenters. The summed E-state index contributed by atoms with van der Waals surface area (Å²) in [5, 5.41) is 56.8. The first-order chi connectivity index (χ1) is 34.2. The van der Waals surface area contributed by atoms with E-state index in [1.807, 2.05) is 6.08 Å². The molecule has 0 saturated carbocycles. The zero-order chi connectivity index (χ0) is 51.1. The highest BCUT2D eigenvalue weighted by Gasteiger charge is 2.47. The van der Waals surface area contributed by atoms with E-state index in [1.54, 1.807) is 6.08 Å². The third-order valence-corrected chi connectivity index (χ3v) is 13.5. The monoisotopic (exact) mass is 990 g/mol. The van der Waals surface area contributed by atoms with Gasteiger partial charge in [-0.05, 0) is 64.2 Å². The molecule has 11 heteroatoms. The van der Waals surface area contributed by atoms with Crippen molar-refractivity contribution < 1.29 is 49.3 Å². The summed E-state index contributed by atoms with van der Waals surface area (Å²) in [6, 6.07) is -1.02. The molecule has 1 aliphatic heterocycles. The molecule has 70 heavy (non-hydrogen) atoms. The van der Waals surface area contributed by atoms with E-state index >= 15 is 0 Å². The Labute approximate surface area is 427 Å². The van der Waals surface area contributed by atoms with E-state index in [2.05, 4.69) is 62.5 Å².